The molecule has 0 amide bonds. The van der Waals surface area contributed by atoms with Crippen molar-refractivity contribution in [2.45, 2.75) is 6.42 Å². The summed E-state index contributed by atoms with van der Waals surface area (Å²) >= 11 is 0. The van der Waals surface area contributed by atoms with Crippen LogP contribution < -0.4 is 5.32 Å². The molecule has 0 aliphatic carbocycles. The van der Waals surface area contributed by atoms with E-state index in [0.717, 1.165) is 44.7 Å². The zero-order chi connectivity index (χ0) is 13.1. The molecular formula is C16H20N2O. The van der Waals surface area contributed by atoms with Gasteiger partial charge in [0.05, 0.1) is 0 Å². The third-order valence-electron chi connectivity index (χ3n) is 3.90. The molecule has 2 aromatic rings. The maximum absolute atomic E-state index is 10.1. The number of benzene rings is 2. The standard InChI is InChI=1S/C16H20N2O/c19-16-6-5-13-3-1-2-4-14(13)15(16)7-10-18-11-8-17-9-12-18/h1-6,17,19H,7-12H2. The highest BCUT2D eigenvalue weighted by Crippen LogP contribution is 2.27. The van der Waals surface area contributed by atoms with Crippen molar-refractivity contribution in [3.05, 3.63) is 42.0 Å². The Hall–Kier alpha value is -1.58. The van der Waals surface area contributed by atoms with Gasteiger partial charge in [0.15, 0.2) is 0 Å². The first-order valence-corrected chi connectivity index (χ1v) is 6.97. The second-order valence-corrected chi connectivity index (χ2v) is 5.13. The number of hydrogen-bond donors (Lipinski definition) is 2. The topological polar surface area (TPSA) is 35.5 Å². The SMILES string of the molecule is Oc1ccc2ccccc2c1CCN1CCNCC1. The molecule has 0 radical (unpaired) electrons. The summed E-state index contributed by atoms with van der Waals surface area (Å²) in [5.74, 6) is 0.425. The van der Waals surface area contributed by atoms with Crippen LogP contribution in [0.15, 0.2) is 36.4 Å². The molecule has 19 heavy (non-hydrogen) atoms. The Kier molecular flexibility index (Phi) is 3.67. The summed E-state index contributed by atoms with van der Waals surface area (Å²) in [4.78, 5) is 2.46. The van der Waals surface area contributed by atoms with Crippen molar-refractivity contribution in [1.29, 1.82) is 0 Å². The third-order valence-corrected chi connectivity index (χ3v) is 3.90. The van der Waals surface area contributed by atoms with E-state index in [2.05, 4.69) is 22.3 Å². The number of hydrogen-bond acceptors (Lipinski definition) is 3. The van der Waals surface area contributed by atoms with E-state index in [0.29, 0.717) is 5.75 Å². The van der Waals surface area contributed by atoms with Gasteiger partial charge in [0.1, 0.15) is 5.75 Å². The molecule has 1 fully saturated rings. The van der Waals surface area contributed by atoms with Crippen LogP contribution in [0, 0.1) is 0 Å². The molecule has 0 atom stereocenters. The maximum atomic E-state index is 10.1. The van der Waals surface area contributed by atoms with Crippen LogP contribution >= 0.6 is 0 Å². The first-order chi connectivity index (χ1) is 9.34. The van der Waals surface area contributed by atoms with Gasteiger partial charge in [0.2, 0.25) is 0 Å². The molecule has 0 unspecified atom stereocenters. The van der Waals surface area contributed by atoms with Crippen LogP contribution in [0.5, 0.6) is 5.75 Å². The normalized spacial score (nSPS) is 16.8. The molecule has 1 saturated heterocycles. The average Bonchev–Trinajstić information content (AvgIpc) is 2.47. The fourth-order valence-corrected chi connectivity index (χ4v) is 2.79. The van der Waals surface area contributed by atoms with Gasteiger partial charge in [-0.2, -0.15) is 0 Å². The molecule has 1 aliphatic heterocycles. The zero-order valence-electron chi connectivity index (χ0n) is 11.1. The van der Waals surface area contributed by atoms with Gasteiger partial charge in [-0.15, -0.1) is 0 Å². The molecule has 2 aromatic carbocycles. The van der Waals surface area contributed by atoms with Crippen LogP contribution in [0.4, 0.5) is 0 Å². The number of nitrogens with one attached hydrogen (secondary N) is 1. The second kappa shape index (κ2) is 5.59. The van der Waals surface area contributed by atoms with Crippen molar-refractivity contribution in [1.82, 2.24) is 10.2 Å². The fraction of sp³-hybridized carbons (Fsp3) is 0.375. The molecule has 1 aliphatic rings. The molecule has 3 rings (SSSR count). The third kappa shape index (κ3) is 2.72. The van der Waals surface area contributed by atoms with E-state index in [1.54, 1.807) is 0 Å². The first-order valence-electron chi connectivity index (χ1n) is 6.97. The van der Waals surface area contributed by atoms with Gasteiger partial charge in [0.25, 0.3) is 0 Å². The highest BCUT2D eigenvalue weighted by Gasteiger charge is 2.12. The van der Waals surface area contributed by atoms with Crippen molar-refractivity contribution < 1.29 is 5.11 Å². The zero-order valence-corrected chi connectivity index (χ0v) is 11.1. The van der Waals surface area contributed by atoms with Crippen molar-refractivity contribution in [2.75, 3.05) is 32.7 Å². The Bertz CT molecular complexity index is 562. The van der Waals surface area contributed by atoms with Gasteiger partial charge in [-0.3, -0.25) is 0 Å². The van der Waals surface area contributed by atoms with Crippen molar-refractivity contribution in [3.8, 4) is 5.75 Å². The van der Waals surface area contributed by atoms with E-state index < -0.39 is 0 Å². The molecule has 0 aromatic heterocycles. The van der Waals surface area contributed by atoms with Gasteiger partial charge in [-0.05, 0) is 23.3 Å². The van der Waals surface area contributed by atoms with Gasteiger partial charge in [0, 0.05) is 38.3 Å². The van der Waals surface area contributed by atoms with E-state index in [1.165, 1.54) is 10.8 Å². The number of piperazine rings is 1. The van der Waals surface area contributed by atoms with Crippen molar-refractivity contribution >= 4 is 10.8 Å². The quantitative estimate of drug-likeness (QED) is 0.881. The molecule has 1 heterocycles. The smallest absolute Gasteiger partial charge is 0.119 e. The molecule has 0 spiro atoms. The van der Waals surface area contributed by atoms with Gasteiger partial charge in [-0.25, -0.2) is 0 Å². The highest BCUT2D eigenvalue weighted by atomic mass is 16.3. The van der Waals surface area contributed by atoms with Crippen molar-refractivity contribution in [2.24, 2.45) is 0 Å². The molecule has 0 saturated carbocycles. The molecule has 0 bridgehead atoms. The second-order valence-electron chi connectivity index (χ2n) is 5.13. The summed E-state index contributed by atoms with van der Waals surface area (Å²) in [6, 6.07) is 12.1. The van der Waals surface area contributed by atoms with E-state index in [4.69, 9.17) is 0 Å². The van der Waals surface area contributed by atoms with Crippen LogP contribution in [0.3, 0.4) is 0 Å². The van der Waals surface area contributed by atoms with Gasteiger partial charge < -0.3 is 15.3 Å². The largest absolute Gasteiger partial charge is 0.508 e. The monoisotopic (exact) mass is 256 g/mol. The minimum atomic E-state index is 0.425. The maximum Gasteiger partial charge on any atom is 0.119 e. The summed E-state index contributed by atoms with van der Waals surface area (Å²) in [5, 5.41) is 15.9. The van der Waals surface area contributed by atoms with Gasteiger partial charge >= 0.3 is 0 Å². The van der Waals surface area contributed by atoms with E-state index >= 15 is 0 Å². The number of phenols is 1. The molecule has 3 heteroatoms. The summed E-state index contributed by atoms with van der Waals surface area (Å²) in [5.41, 5.74) is 1.08. The lowest BCUT2D eigenvalue weighted by Gasteiger charge is -2.27. The van der Waals surface area contributed by atoms with Crippen LogP contribution in [-0.4, -0.2) is 42.7 Å². The van der Waals surface area contributed by atoms with E-state index in [1.807, 2.05) is 24.3 Å². The van der Waals surface area contributed by atoms with Crippen LogP contribution in [0.25, 0.3) is 10.8 Å². The summed E-state index contributed by atoms with van der Waals surface area (Å²) in [6.45, 7) is 5.36. The van der Waals surface area contributed by atoms with Crippen LogP contribution in [0.1, 0.15) is 5.56 Å². The van der Waals surface area contributed by atoms with E-state index in [9.17, 15) is 5.11 Å². The lowest BCUT2D eigenvalue weighted by Crippen LogP contribution is -2.44. The molecule has 3 nitrogen and oxygen atoms in total. The molecule has 100 valence electrons. The van der Waals surface area contributed by atoms with Crippen molar-refractivity contribution in [3.63, 3.8) is 0 Å². The fourth-order valence-electron chi connectivity index (χ4n) is 2.79. The first kappa shape index (κ1) is 12.5. The Balaban J connectivity index is 1.81. The van der Waals surface area contributed by atoms with Gasteiger partial charge in [-0.1, -0.05) is 30.3 Å². The lowest BCUT2D eigenvalue weighted by atomic mass is 10.0. The number of nitrogens with zero attached hydrogens (tertiary/aromatic N) is 1. The Morgan fingerprint density at radius 1 is 1.05 bits per heavy atom. The summed E-state index contributed by atoms with van der Waals surface area (Å²) < 4.78 is 0. The number of phenolic OH excluding ortho intramolecular Hbond substituents is 1. The van der Waals surface area contributed by atoms with E-state index in [-0.39, 0.29) is 0 Å². The predicted octanol–water partition coefficient (Wildman–Crippen LogP) is 1.99. The molecule has 2 N–H and O–H groups in total. The number of aromatic hydroxyl groups is 1. The Morgan fingerprint density at radius 2 is 1.84 bits per heavy atom. The average molecular weight is 256 g/mol. The van der Waals surface area contributed by atoms with Crippen LogP contribution in [0.2, 0.25) is 0 Å². The Morgan fingerprint density at radius 3 is 2.68 bits per heavy atom. The summed E-state index contributed by atoms with van der Waals surface area (Å²) in [6.07, 6.45) is 0.910. The minimum absolute atomic E-state index is 0.425. The predicted molar refractivity (Wildman–Crippen MR) is 78.6 cm³/mol. The minimum Gasteiger partial charge on any atom is -0.508 e. The highest BCUT2D eigenvalue weighted by molar-refractivity contribution is 5.87. The number of fused-ring (bicyclic) bond motifs is 1. The number of rotatable bonds is 3. The lowest BCUT2D eigenvalue weighted by molar-refractivity contribution is 0.243. The van der Waals surface area contributed by atoms with Crippen LogP contribution in [-0.2, 0) is 6.42 Å². The molecular weight excluding hydrogens is 236 g/mol. The summed E-state index contributed by atoms with van der Waals surface area (Å²) in [7, 11) is 0. The Labute approximate surface area is 113 Å².